The van der Waals surface area contributed by atoms with Crippen LogP contribution < -0.4 is 5.32 Å². The summed E-state index contributed by atoms with van der Waals surface area (Å²) >= 11 is 1.37. The highest BCUT2D eigenvalue weighted by Crippen LogP contribution is 2.25. The van der Waals surface area contributed by atoms with Crippen molar-refractivity contribution in [2.24, 2.45) is 5.92 Å². The minimum atomic E-state index is -3.47. The molecule has 1 fully saturated rings. The van der Waals surface area contributed by atoms with Gasteiger partial charge in [0.1, 0.15) is 0 Å². The standard InChI is InChI=1S/C15H17N3O3S2/c19-14(17-15-16-8-11-22-15)12-6-9-18(10-7-12)23(20,21)13-4-2-1-3-5-13/h1-5,8,11-12H,6-7,9-10H2,(H,16,17,19). The van der Waals surface area contributed by atoms with E-state index in [1.807, 2.05) is 0 Å². The molecule has 8 heteroatoms. The summed E-state index contributed by atoms with van der Waals surface area (Å²) in [6.45, 7) is 0.709. The molecule has 1 N–H and O–H groups in total. The number of sulfonamides is 1. The van der Waals surface area contributed by atoms with Crippen molar-refractivity contribution in [3.8, 4) is 0 Å². The normalized spacial score (nSPS) is 17.0. The van der Waals surface area contributed by atoms with Crippen molar-refractivity contribution in [3.05, 3.63) is 41.9 Å². The van der Waals surface area contributed by atoms with Gasteiger partial charge in [-0.1, -0.05) is 18.2 Å². The largest absolute Gasteiger partial charge is 0.302 e. The quantitative estimate of drug-likeness (QED) is 0.916. The Morgan fingerprint density at radius 2 is 1.91 bits per heavy atom. The van der Waals surface area contributed by atoms with Gasteiger partial charge in [0.25, 0.3) is 0 Å². The van der Waals surface area contributed by atoms with Crippen LogP contribution >= 0.6 is 11.3 Å². The number of anilines is 1. The predicted molar refractivity (Wildman–Crippen MR) is 88.7 cm³/mol. The second-order valence-electron chi connectivity index (χ2n) is 5.32. The van der Waals surface area contributed by atoms with Crippen molar-refractivity contribution < 1.29 is 13.2 Å². The van der Waals surface area contributed by atoms with Crippen LogP contribution in [0.3, 0.4) is 0 Å². The van der Waals surface area contributed by atoms with Crippen molar-refractivity contribution in [2.45, 2.75) is 17.7 Å². The highest BCUT2D eigenvalue weighted by molar-refractivity contribution is 7.89. The summed E-state index contributed by atoms with van der Waals surface area (Å²) in [5.74, 6) is -0.266. The first-order chi connectivity index (χ1) is 11.1. The SMILES string of the molecule is O=C(Nc1nccs1)C1CCN(S(=O)(=O)c2ccccc2)CC1. The Kier molecular flexibility index (Phi) is 4.74. The van der Waals surface area contributed by atoms with Crippen molar-refractivity contribution in [1.29, 1.82) is 0 Å². The summed E-state index contributed by atoms with van der Waals surface area (Å²) < 4.78 is 26.5. The molecular weight excluding hydrogens is 334 g/mol. The lowest BCUT2D eigenvalue weighted by Gasteiger charge is -2.30. The third kappa shape index (κ3) is 3.60. The van der Waals surface area contributed by atoms with Gasteiger partial charge >= 0.3 is 0 Å². The molecule has 1 saturated heterocycles. The van der Waals surface area contributed by atoms with E-state index >= 15 is 0 Å². The monoisotopic (exact) mass is 351 g/mol. The maximum atomic E-state index is 12.5. The van der Waals surface area contributed by atoms with Crippen molar-refractivity contribution in [3.63, 3.8) is 0 Å². The number of carbonyl (C=O) groups is 1. The Balaban J connectivity index is 1.61. The summed E-state index contributed by atoms with van der Waals surface area (Å²) in [6.07, 6.45) is 2.67. The van der Waals surface area contributed by atoms with Gasteiger partial charge in [0.2, 0.25) is 15.9 Å². The second-order valence-corrected chi connectivity index (χ2v) is 8.15. The Morgan fingerprint density at radius 1 is 1.22 bits per heavy atom. The number of piperidine rings is 1. The number of rotatable bonds is 4. The number of thiazole rings is 1. The van der Waals surface area contributed by atoms with Gasteiger partial charge in [-0.3, -0.25) is 4.79 Å². The molecule has 122 valence electrons. The molecule has 1 aliphatic heterocycles. The van der Waals surface area contributed by atoms with Crippen LogP contribution in [0.15, 0.2) is 46.8 Å². The average molecular weight is 351 g/mol. The topological polar surface area (TPSA) is 79.4 Å². The van der Waals surface area contributed by atoms with Gasteiger partial charge in [0, 0.05) is 30.6 Å². The zero-order valence-electron chi connectivity index (χ0n) is 12.4. The smallest absolute Gasteiger partial charge is 0.243 e. The number of carbonyl (C=O) groups excluding carboxylic acids is 1. The molecule has 0 bridgehead atoms. The van der Waals surface area contributed by atoms with E-state index in [1.54, 1.807) is 41.9 Å². The summed E-state index contributed by atoms with van der Waals surface area (Å²) in [6, 6.07) is 8.39. The van der Waals surface area contributed by atoms with Gasteiger partial charge in [0.15, 0.2) is 5.13 Å². The van der Waals surface area contributed by atoms with Crippen LogP contribution in [0, 0.1) is 5.92 Å². The second kappa shape index (κ2) is 6.77. The van der Waals surface area contributed by atoms with Gasteiger partial charge < -0.3 is 5.32 Å². The van der Waals surface area contributed by atoms with Gasteiger partial charge in [0.05, 0.1) is 4.90 Å². The van der Waals surface area contributed by atoms with Gasteiger partial charge in [-0.15, -0.1) is 11.3 Å². The zero-order chi connectivity index (χ0) is 16.3. The molecule has 0 radical (unpaired) electrons. The van der Waals surface area contributed by atoms with Crippen molar-refractivity contribution in [1.82, 2.24) is 9.29 Å². The number of amides is 1. The van der Waals surface area contributed by atoms with E-state index in [0.717, 1.165) is 0 Å². The van der Waals surface area contributed by atoms with E-state index in [9.17, 15) is 13.2 Å². The summed E-state index contributed by atoms with van der Waals surface area (Å²) in [5.41, 5.74) is 0. The molecule has 2 aromatic rings. The molecule has 3 rings (SSSR count). The fraction of sp³-hybridized carbons (Fsp3) is 0.333. The first-order valence-corrected chi connectivity index (χ1v) is 9.65. The summed E-state index contributed by atoms with van der Waals surface area (Å²) in [4.78, 5) is 16.5. The fourth-order valence-electron chi connectivity index (χ4n) is 2.59. The molecular formula is C15H17N3O3S2. The first kappa shape index (κ1) is 16.1. The van der Waals surface area contributed by atoms with Crippen LogP contribution in [0.25, 0.3) is 0 Å². The maximum Gasteiger partial charge on any atom is 0.243 e. The highest BCUT2D eigenvalue weighted by Gasteiger charge is 2.32. The Morgan fingerprint density at radius 3 is 2.52 bits per heavy atom. The van der Waals surface area contributed by atoms with Crippen LogP contribution in [-0.4, -0.2) is 36.7 Å². The number of nitrogens with zero attached hydrogens (tertiary/aromatic N) is 2. The Hall–Kier alpha value is -1.77. The fourth-order valence-corrected chi connectivity index (χ4v) is 4.62. The Labute approximate surface area is 139 Å². The third-order valence-corrected chi connectivity index (χ3v) is 6.47. The average Bonchev–Trinajstić information content (AvgIpc) is 3.09. The van der Waals surface area contributed by atoms with Crippen molar-refractivity contribution >= 4 is 32.4 Å². The lowest BCUT2D eigenvalue weighted by Crippen LogP contribution is -2.41. The number of aromatic nitrogens is 1. The molecule has 1 aromatic carbocycles. The van der Waals surface area contributed by atoms with Crippen LogP contribution in [0.1, 0.15) is 12.8 Å². The third-order valence-electron chi connectivity index (χ3n) is 3.87. The molecule has 0 atom stereocenters. The summed E-state index contributed by atoms with van der Waals surface area (Å²) in [5, 5.41) is 5.15. The molecule has 0 aliphatic carbocycles. The van der Waals surface area contributed by atoms with Gasteiger partial charge in [-0.05, 0) is 25.0 Å². The van der Waals surface area contributed by atoms with Crippen LogP contribution in [0.4, 0.5) is 5.13 Å². The van der Waals surface area contributed by atoms with E-state index in [0.29, 0.717) is 36.0 Å². The van der Waals surface area contributed by atoms with Crippen molar-refractivity contribution in [2.75, 3.05) is 18.4 Å². The number of benzene rings is 1. The van der Waals surface area contributed by atoms with Crippen LogP contribution in [0.5, 0.6) is 0 Å². The van der Waals surface area contributed by atoms with E-state index in [-0.39, 0.29) is 11.8 Å². The Bertz CT molecular complexity index is 753. The van der Waals surface area contributed by atoms with E-state index in [4.69, 9.17) is 0 Å². The molecule has 0 unspecified atom stereocenters. The molecule has 1 amide bonds. The predicted octanol–water partition coefficient (Wildman–Crippen LogP) is 2.18. The lowest BCUT2D eigenvalue weighted by molar-refractivity contribution is -0.120. The van der Waals surface area contributed by atoms with E-state index in [1.165, 1.54) is 15.6 Å². The molecule has 23 heavy (non-hydrogen) atoms. The molecule has 0 spiro atoms. The summed E-state index contributed by atoms with van der Waals surface area (Å²) in [7, 11) is -3.47. The molecule has 2 heterocycles. The number of hydrogen-bond donors (Lipinski definition) is 1. The van der Waals surface area contributed by atoms with Gasteiger partial charge in [-0.2, -0.15) is 4.31 Å². The zero-order valence-corrected chi connectivity index (χ0v) is 14.0. The number of nitrogens with one attached hydrogen (secondary N) is 1. The van der Waals surface area contributed by atoms with E-state index < -0.39 is 10.0 Å². The van der Waals surface area contributed by atoms with Gasteiger partial charge in [-0.25, -0.2) is 13.4 Å². The molecule has 0 saturated carbocycles. The minimum Gasteiger partial charge on any atom is -0.302 e. The number of hydrogen-bond acceptors (Lipinski definition) is 5. The maximum absolute atomic E-state index is 12.5. The van der Waals surface area contributed by atoms with E-state index in [2.05, 4.69) is 10.3 Å². The lowest BCUT2D eigenvalue weighted by atomic mass is 9.97. The first-order valence-electron chi connectivity index (χ1n) is 7.33. The molecule has 1 aromatic heterocycles. The molecule has 6 nitrogen and oxygen atoms in total. The minimum absolute atomic E-state index is 0.0864. The van der Waals surface area contributed by atoms with Crippen LogP contribution in [0.2, 0.25) is 0 Å². The molecule has 1 aliphatic rings. The highest BCUT2D eigenvalue weighted by atomic mass is 32.2. The van der Waals surface area contributed by atoms with Crippen LogP contribution in [-0.2, 0) is 14.8 Å².